The molecule has 0 heterocycles. The molecule has 0 saturated carbocycles. The monoisotopic (exact) mass is 295 g/mol. The van der Waals surface area contributed by atoms with Crippen LogP contribution in [0, 0.1) is 0 Å². The van der Waals surface area contributed by atoms with Gasteiger partial charge in [-0.25, -0.2) is 4.79 Å². The fourth-order valence-electron chi connectivity index (χ4n) is 1.84. The number of hydrogen-bond acceptors (Lipinski definition) is 5. The molecule has 7 heteroatoms. The predicted molar refractivity (Wildman–Crippen MR) is 80.6 cm³/mol. The number of hydrogen-bond donors (Lipinski definition) is 3. The first-order valence-electron chi connectivity index (χ1n) is 6.55. The molecule has 0 radical (unpaired) electrons. The van der Waals surface area contributed by atoms with Gasteiger partial charge in [-0.05, 0) is 24.6 Å². The molecule has 1 rings (SSSR count). The van der Waals surface area contributed by atoms with E-state index in [9.17, 15) is 9.59 Å². The maximum Gasteiger partial charge on any atom is 0.335 e. The summed E-state index contributed by atoms with van der Waals surface area (Å²) in [6, 6.07) is 4.43. The largest absolute Gasteiger partial charge is 0.478 e. The number of methoxy groups -OCH3 is 1. The number of nitrogen functional groups attached to an aromatic ring is 1. The van der Waals surface area contributed by atoms with E-state index in [0.29, 0.717) is 24.5 Å². The van der Waals surface area contributed by atoms with Crippen LogP contribution in [0.2, 0.25) is 0 Å². The molecule has 0 aromatic heterocycles. The van der Waals surface area contributed by atoms with Crippen LogP contribution >= 0.6 is 0 Å². The second-order valence-corrected chi connectivity index (χ2v) is 4.63. The van der Waals surface area contributed by atoms with Gasteiger partial charge in [-0.2, -0.15) is 0 Å². The van der Waals surface area contributed by atoms with Gasteiger partial charge in [0.25, 0.3) is 0 Å². The second kappa shape index (κ2) is 8.11. The highest BCUT2D eigenvalue weighted by Gasteiger charge is 2.12. The van der Waals surface area contributed by atoms with Gasteiger partial charge in [-0.1, -0.05) is 0 Å². The molecule has 0 aliphatic heterocycles. The molecule has 0 unspecified atom stereocenters. The van der Waals surface area contributed by atoms with Gasteiger partial charge in [0.1, 0.15) is 0 Å². The van der Waals surface area contributed by atoms with Crippen molar-refractivity contribution < 1.29 is 19.4 Å². The fourth-order valence-corrected chi connectivity index (χ4v) is 1.84. The lowest BCUT2D eigenvalue weighted by molar-refractivity contribution is -0.119. The molecule has 4 N–H and O–H groups in total. The minimum Gasteiger partial charge on any atom is -0.478 e. The highest BCUT2D eigenvalue weighted by atomic mass is 16.5. The Balaban J connectivity index is 2.57. The number of carbonyl (C=O) groups excluding carboxylic acids is 1. The molecule has 21 heavy (non-hydrogen) atoms. The maximum absolute atomic E-state index is 11.7. The Morgan fingerprint density at radius 1 is 1.43 bits per heavy atom. The molecular weight excluding hydrogens is 274 g/mol. The zero-order chi connectivity index (χ0) is 15.8. The molecule has 0 atom stereocenters. The van der Waals surface area contributed by atoms with Crippen LogP contribution in [0.1, 0.15) is 16.8 Å². The SMILES string of the molecule is COCCCNC(=O)CN(C)c1ccc(C(=O)O)cc1N. The number of ether oxygens (including phenoxy) is 1. The second-order valence-electron chi connectivity index (χ2n) is 4.63. The molecule has 0 aliphatic rings. The van der Waals surface area contributed by atoms with Crippen LogP contribution < -0.4 is 16.0 Å². The lowest BCUT2D eigenvalue weighted by Crippen LogP contribution is -2.36. The van der Waals surface area contributed by atoms with E-state index in [1.54, 1.807) is 25.1 Å². The minimum absolute atomic E-state index is 0.119. The van der Waals surface area contributed by atoms with Crippen LogP contribution in [0.4, 0.5) is 11.4 Å². The van der Waals surface area contributed by atoms with Crippen molar-refractivity contribution in [3.05, 3.63) is 23.8 Å². The van der Waals surface area contributed by atoms with Crippen LogP contribution in [0.25, 0.3) is 0 Å². The molecule has 0 spiro atoms. The van der Waals surface area contributed by atoms with Gasteiger partial charge in [0.2, 0.25) is 5.91 Å². The van der Waals surface area contributed by atoms with Gasteiger partial charge in [0, 0.05) is 27.3 Å². The van der Waals surface area contributed by atoms with Gasteiger partial charge < -0.3 is 25.8 Å². The zero-order valence-electron chi connectivity index (χ0n) is 12.3. The van der Waals surface area contributed by atoms with E-state index in [1.807, 2.05) is 0 Å². The number of aromatic carboxylic acids is 1. The number of carboxylic acids is 1. The first-order valence-corrected chi connectivity index (χ1v) is 6.55. The number of nitrogens with zero attached hydrogens (tertiary/aromatic N) is 1. The number of anilines is 2. The molecular formula is C14H21N3O4. The minimum atomic E-state index is -1.04. The third-order valence-corrected chi connectivity index (χ3v) is 2.91. The Morgan fingerprint density at radius 3 is 2.71 bits per heavy atom. The number of amides is 1. The Kier molecular flexibility index (Phi) is 6.48. The summed E-state index contributed by atoms with van der Waals surface area (Å²) < 4.78 is 4.89. The topological polar surface area (TPSA) is 105 Å². The Morgan fingerprint density at radius 2 is 2.14 bits per heavy atom. The van der Waals surface area contributed by atoms with Gasteiger partial charge in [-0.3, -0.25) is 4.79 Å². The van der Waals surface area contributed by atoms with Crippen molar-refractivity contribution in [2.45, 2.75) is 6.42 Å². The zero-order valence-corrected chi connectivity index (χ0v) is 12.3. The van der Waals surface area contributed by atoms with Gasteiger partial charge in [0.05, 0.1) is 23.5 Å². The van der Waals surface area contributed by atoms with Gasteiger partial charge in [0.15, 0.2) is 0 Å². The molecule has 0 fully saturated rings. The molecule has 0 aliphatic carbocycles. The van der Waals surface area contributed by atoms with Crippen LogP contribution in [-0.4, -0.2) is 50.8 Å². The van der Waals surface area contributed by atoms with E-state index in [1.165, 1.54) is 12.1 Å². The summed E-state index contributed by atoms with van der Waals surface area (Å²) in [5.74, 6) is -1.16. The lowest BCUT2D eigenvalue weighted by Gasteiger charge is -2.20. The number of benzene rings is 1. The summed E-state index contributed by atoms with van der Waals surface area (Å²) in [6.45, 7) is 1.29. The number of nitrogens with two attached hydrogens (primary N) is 1. The number of nitrogens with one attached hydrogen (secondary N) is 1. The third kappa shape index (κ3) is 5.31. The molecule has 0 bridgehead atoms. The normalized spacial score (nSPS) is 10.2. The Labute approximate surface area is 123 Å². The smallest absolute Gasteiger partial charge is 0.335 e. The van der Waals surface area contributed by atoms with E-state index in [2.05, 4.69) is 5.32 Å². The molecule has 0 saturated heterocycles. The van der Waals surface area contributed by atoms with Crippen molar-refractivity contribution >= 4 is 23.3 Å². The van der Waals surface area contributed by atoms with Crippen molar-refractivity contribution in [1.82, 2.24) is 5.32 Å². The average molecular weight is 295 g/mol. The van der Waals surface area contributed by atoms with E-state index >= 15 is 0 Å². The van der Waals surface area contributed by atoms with Crippen molar-refractivity contribution in [2.24, 2.45) is 0 Å². The van der Waals surface area contributed by atoms with E-state index in [0.717, 1.165) is 6.42 Å². The van der Waals surface area contributed by atoms with Crippen LogP contribution in [0.15, 0.2) is 18.2 Å². The quantitative estimate of drug-likeness (QED) is 0.478. The van der Waals surface area contributed by atoms with Gasteiger partial charge in [-0.15, -0.1) is 0 Å². The summed E-state index contributed by atoms with van der Waals surface area (Å²) in [5.41, 5.74) is 6.88. The summed E-state index contributed by atoms with van der Waals surface area (Å²) in [4.78, 5) is 24.3. The first kappa shape index (κ1) is 16.8. The van der Waals surface area contributed by atoms with Crippen molar-refractivity contribution in [3.8, 4) is 0 Å². The highest BCUT2D eigenvalue weighted by Crippen LogP contribution is 2.23. The maximum atomic E-state index is 11.7. The lowest BCUT2D eigenvalue weighted by atomic mass is 10.1. The summed E-state index contributed by atoms with van der Waals surface area (Å²) >= 11 is 0. The van der Waals surface area contributed by atoms with Crippen molar-refractivity contribution in [3.63, 3.8) is 0 Å². The van der Waals surface area contributed by atoms with Crippen LogP contribution in [0.3, 0.4) is 0 Å². The van der Waals surface area contributed by atoms with E-state index < -0.39 is 5.97 Å². The fraction of sp³-hybridized carbons (Fsp3) is 0.429. The van der Waals surface area contributed by atoms with E-state index in [-0.39, 0.29) is 18.0 Å². The van der Waals surface area contributed by atoms with E-state index in [4.69, 9.17) is 15.6 Å². The van der Waals surface area contributed by atoms with Crippen LogP contribution in [0.5, 0.6) is 0 Å². The summed E-state index contributed by atoms with van der Waals surface area (Å²) in [7, 11) is 3.33. The molecule has 1 amide bonds. The Bertz CT molecular complexity index is 505. The first-order chi connectivity index (χ1) is 9.95. The number of rotatable bonds is 8. The molecule has 7 nitrogen and oxygen atoms in total. The van der Waals surface area contributed by atoms with Gasteiger partial charge >= 0.3 is 5.97 Å². The molecule has 1 aromatic rings. The van der Waals surface area contributed by atoms with Crippen molar-refractivity contribution in [1.29, 1.82) is 0 Å². The number of likely N-dealkylation sites (N-methyl/N-ethyl adjacent to an activating group) is 1. The summed E-state index contributed by atoms with van der Waals surface area (Å²) in [6.07, 6.45) is 0.751. The standard InChI is InChI=1S/C14H21N3O4/c1-17(9-13(18)16-6-3-7-21-2)12-5-4-10(14(19)20)8-11(12)15/h4-5,8H,3,6-7,9,15H2,1-2H3,(H,16,18)(H,19,20). The predicted octanol–water partition coefficient (Wildman–Crippen LogP) is 0.556. The third-order valence-electron chi connectivity index (χ3n) is 2.91. The average Bonchev–Trinajstić information content (AvgIpc) is 2.43. The van der Waals surface area contributed by atoms with Crippen molar-refractivity contribution in [2.75, 3.05) is 44.5 Å². The molecule has 1 aromatic carbocycles. The summed E-state index contributed by atoms with van der Waals surface area (Å²) in [5, 5.41) is 11.7. The number of carboxylic acid groups (broad SMARTS) is 1. The molecule has 116 valence electrons. The highest BCUT2D eigenvalue weighted by molar-refractivity contribution is 5.91. The number of carbonyl (C=O) groups is 2. The Hall–Kier alpha value is -2.28. The van der Waals surface area contributed by atoms with Crippen LogP contribution in [-0.2, 0) is 9.53 Å².